The molecule has 1 fully saturated rings. The Labute approximate surface area is 169 Å². The van der Waals surface area contributed by atoms with Crippen LogP contribution in [-0.2, 0) is 6.54 Å². The van der Waals surface area contributed by atoms with E-state index in [1.165, 1.54) is 30.8 Å². The lowest BCUT2D eigenvalue weighted by molar-refractivity contribution is 0.1000. The van der Waals surface area contributed by atoms with Crippen molar-refractivity contribution in [3.05, 3.63) is 47.7 Å². The van der Waals surface area contributed by atoms with Crippen LogP contribution in [0.2, 0.25) is 0 Å². The van der Waals surface area contributed by atoms with Crippen LogP contribution in [0.5, 0.6) is 17.4 Å². The Morgan fingerprint density at radius 2 is 2.07 bits per heavy atom. The Hall–Kier alpha value is -2.29. The molecule has 2 heterocycles. The molecule has 8 heteroatoms. The van der Waals surface area contributed by atoms with E-state index in [1.54, 1.807) is 19.2 Å². The molecule has 1 saturated heterocycles. The van der Waals surface area contributed by atoms with E-state index in [9.17, 15) is 4.79 Å². The van der Waals surface area contributed by atoms with Crippen LogP contribution in [0.15, 0.2) is 36.5 Å². The lowest BCUT2D eigenvalue weighted by Gasteiger charge is -2.26. The number of rotatable bonds is 9. The molecule has 1 aliphatic heterocycles. The average molecular weight is 403 g/mol. The highest BCUT2D eigenvalue weighted by Gasteiger charge is 2.11. The van der Waals surface area contributed by atoms with Gasteiger partial charge in [-0.15, -0.1) is 0 Å². The summed E-state index contributed by atoms with van der Waals surface area (Å²) in [6, 6.07) is 9.00. The number of nitrogens with one attached hydrogen (secondary N) is 1. The van der Waals surface area contributed by atoms with Gasteiger partial charge >= 0.3 is 0 Å². The number of nitrogens with two attached hydrogens (primary N) is 1. The summed E-state index contributed by atoms with van der Waals surface area (Å²) in [6.07, 6.45) is 1.39. The molecule has 0 aliphatic carbocycles. The third-order valence-corrected chi connectivity index (χ3v) is 5.44. The Balaban J connectivity index is 1.53. The van der Waals surface area contributed by atoms with Gasteiger partial charge in [0.2, 0.25) is 11.8 Å². The third-order valence-electron chi connectivity index (χ3n) is 4.50. The zero-order valence-electron chi connectivity index (χ0n) is 16.0. The van der Waals surface area contributed by atoms with E-state index < -0.39 is 5.91 Å². The molecule has 7 nitrogen and oxygen atoms in total. The highest BCUT2D eigenvalue weighted by molar-refractivity contribution is 7.99. The fourth-order valence-corrected chi connectivity index (χ4v) is 3.88. The van der Waals surface area contributed by atoms with Gasteiger partial charge in [0.15, 0.2) is 11.5 Å². The van der Waals surface area contributed by atoms with Crippen molar-refractivity contribution in [2.24, 2.45) is 5.73 Å². The van der Waals surface area contributed by atoms with Crippen molar-refractivity contribution in [1.82, 2.24) is 15.2 Å². The van der Waals surface area contributed by atoms with E-state index in [2.05, 4.69) is 15.2 Å². The van der Waals surface area contributed by atoms with Gasteiger partial charge in [0.05, 0.1) is 12.7 Å². The normalized spacial score (nSPS) is 14.6. The molecule has 0 saturated carbocycles. The fraction of sp³-hybridized carbons (Fsp3) is 0.400. The van der Waals surface area contributed by atoms with Crippen molar-refractivity contribution in [1.29, 1.82) is 0 Å². The monoisotopic (exact) mass is 402 g/mol. The minimum atomic E-state index is -0.521. The van der Waals surface area contributed by atoms with E-state index in [1.807, 2.05) is 30.0 Å². The molecule has 1 amide bonds. The number of nitrogens with zero attached hydrogens (tertiary/aromatic N) is 2. The number of hydrogen-bond acceptors (Lipinski definition) is 7. The maximum Gasteiger partial charge on any atom is 0.250 e. The summed E-state index contributed by atoms with van der Waals surface area (Å²) in [7, 11) is 1.61. The standard InChI is InChI=1S/C20H26N4O3S/c1-26-18-12-15(13-22-6-7-24-8-10-28-11-9-24)2-4-17(18)27-19-5-3-16(14-23-19)20(21)25/h2-5,12,14,22H,6-11,13H2,1H3,(H2,21,25). The van der Waals surface area contributed by atoms with Gasteiger partial charge in [-0.25, -0.2) is 4.98 Å². The quantitative estimate of drug-likeness (QED) is 0.621. The van der Waals surface area contributed by atoms with Crippen molar-refractivity contribution >= 4 is 17.7 Å². The Morgan fingerprint density at radius 1 is 1.25 bits per heavy atom. The van der Waals surface area contributed by atoms with Gasteiger partial charge in [0.1, 0.15) is 0 Å². The van der Waals surface area contributed by atoms with Gasteiger partial charge in [-0.1, -0.05) is 6.07 Å². The number of amides is 1. The zero-order valence-corrected chi connectivity index (χ0v) is 16.8. The number of carbonyl (C=O) groups excluding carboxylic acids is 1. The Kier molecular flexibility index (Phi) is 7.53. The van der Waals surface area contributed by atoms with Crippen molar-refractivity contribution < 1.29 is 14.3 Å². The molecule has 2 aromatic rings. The largest absolute Gasteiger partial charge is 0.493 e. The molecule has 1 aliphatic rings. The number of ether oxygens (including phenoxy) is 2. The number of thioether (sulfide) groups is 1. The fourth-order valence-electron chi connectivity index (χ4n) is 2.90. The predicted octanol–water partition coefficient (Wildman–Crippen LogP) is 2.12. The molecule has 1 aromatic carbocycles. The van der Waals surface area contributed by atoms with Crippen LogP contribution in [0.4, 0.5) is 0 Å². The molecule has 3 rings (SSSR count). The summed E-state index contributed by atoms with van der Waals surface area (Å²) < 4.78 is 11.2. The van der Waals surface area contributed by atoms with Crippen LogP contribution in [0, 0.1) is 0 Å². The summed E-state index contributed by atoms with van der Waals surface area (Å²) in [6.45, 7) is 5.17. The van der Waals surface area contributed by atoms with Crippen molar-refractivity contribution in [2.45, 2.75) is 6.54 Å². The van der Waals surface area contributed by atoms with E-state index in [4.69, 9.17) is 15.2 Å². The van der Waals surface area contributed by atoms with Crippen molar-refractivity contribution in [3.8, 4) is 17.4 Å². The van der Waals surface area contributed by atoms with Crippen LogP contribution >= 0.6 is 11.8 Å². The molecule has 0 unspecified atom stereocenters. The van der Waals surface area contributed by atoms with Gasteiger partial charge in [0.25, 0.3) is 0 Å². The van der Waals surface area contributed by atoms with Crippen LogP contribution < -0.4 is 20.5 Å². The predicted molar refractivity (Wildman–Crippen MR) is 111 cm³/mol. The topological polar surface area (TPSA) is 89.7 Å². The van der Waals surface area contributed by atoms with Crippen molar-refractivity contribution in [3.63, 3.8) is 0 Å². The molecule has 0 radical (unpaired) electrons. The summed E-state index contributed by atoms with van der Waals surface area (Å²) in [5.74, 6) is 3.52. The third kappa shape index (κ3) is 5.85. The average Bonchev–Trinajstić information content (AvgIpc) is 2.73. The molecular weight excluding hydrogens is 376 g/mol. The van der Waals surface area contributed by atoms with Crippen LogP contribution in [0.25, 0.3) is 0 Å². The first-order valence-electron chi connectivity index (χ1n) is 9.27. The first kappa shape index (κ1) is 20.4. The molecule has 28 heavy (non-hydrogen) atoms. The molecule has 3 N–H and O–H groups in total. The first-order valence-corrected chi connectivity index (χ1v) is 10.4. The van der Waals surface area contributed by atoms with E-state index in [0.717, 1.165) is 25.2 Å². The van der Waals surface area contributed by atoms with E-state index in [0.29, 0.717) is 22.9 Å². The molecule has 0 bridgehead atoms. The minimum Gasteiger partial charge on any atom is -0.493 e. The molecule has 0 atom stereocenters. The van der Waals surface area contributed by atoms with Gasteiger partial charge in [-0.05, 0) is 23.8 Å². The van der Waals surface area contributed by atoms with Crippen LogP contribution in [-0.4, -0.2) is 60.6 Å². The second kappa shape index (κ2) is 10.3. The lowest BCUT2D eigenvalue weighted by atomic mass is 10.2. The van der Waals surface area contributed by atoms with Gasteiger partial charge in [-0.3, -0.25) is 4.79 Å². The number of carbonyl (C=O) groups is 1. The van der Waals surface area contributed by atoms with Crippen LogP contribution in [0.3, 0.4) is 0 Å². The number of hydrogen-bond donors (Lipinski definition) is 2. The molecule has 1 aromatic heterocycles. The highest BCUT2D eigenvalue weighted by atomic mass is 32.2. The number of aromatic nitrogens is 1. The Bertz CT molecular complexity index is 780. The molecule has 150 valence electrons. The molecule has 0 spiro atoms. The number of pyridine rings is 1. The van der Waals surface area contributed by atoms with E-state index in [-0.39, 0.29) is 0 Å². The second-order valence-corrected chi connectivity index (χ2v) is 7.69. The van der Waals surface area contributed by atoms with Crippen LogP contribution in [0.1, 0.15) is 15.9 Å². The van der Waals surface area contributed by atoms with Gasteiger partial charge in [-0.2, -0.15) is 11.8 Å². The number of primary amides is 1. The number of methoxy groups -OCH3 is 1. The molecular formula is C20H26N4O3S. The van der Waals surface area contributed by atoms with Crippen molar-refractivity contribution in [2.75, 3.05) is 44.8 Å². The Morgan fingerprint density at radius 3 is 2.75 bits per heavy atom. The zero-order chi connectivity index (χ0) is 19.8. The number of benzene rings is 1. The van der Waals surface area contributed by atoms with E-state index >= 15 is 0 Å². The lowest BCUT2D eigenvalue weighted by Crippen LogP contribution is -2.37. The maximum atomic E-state index is 11.1. The summed E-state index contributed by atoms with van der Waals surface area (Å²) in [5, 5.41) is 3.49. The summed E-state index contributed by atoms with van der Waals surface area (Å²) >= 11 is 2.03. The maximum absolute atomic E-state index is 11.1. The smallest absolute Gasteiger partial charge is 0.250 e. The van der Waals surface area contributed by atoms with Gasteiger partial charge < -0.3 is 25.4 Å². The van der Waals surface area contributed by atoms with Gasteiger partial charge in [0, 0.05) is 56.5 Å². The summed E-state index contributed by atoms with van der Waals surface area (Å²) in [5.41, 5.74) is 6.68. The SMILES string of the molecule is COc1cc(CNCCN2CCSCC2)ccc1Oc1ccc(C(N)=O)cn1. The summed E-state index contributed by atoms with van der Waals surface area (Å²) in [4.78, 5) is 17.7. The second-order valence-electron chi connectivity index (χ2n) is 6.47. The highest BCUT2D eigenvalue weighted by Crippen LogP contribution is 2.31. The first-order chi connectivity index (χ1) is 13.7. The minimum absolute atomic E-state index is 0.337.